The molecular formula is C14H16N2O3S. The van der Waals surface area contributed by atoms with Gasteiger partial charge in [-0.05, 0) is 19.1 Å². The van der Waals surface area contributed by atoms with Crippen LogP contribution in [0.3, 0.4) is 0 Å². The summed E-state index contributed by atoms with van der Waals surface area (Å²) >= 11 is 1.39. The lowest BCUT2D eigenvalue weighted by Gasteiger charge is -2.08. The van der Waals surface area contributed by atoms with Crippen LogP contribution in [0.2, 0.25) is 0 Å². The van der Waals surface area contributed by atoms with Crippen molar-refractivity contribution in [3.63, 3.8) is 0 Å². The first-order valence-electron chi connectivity index (χ1n) is 6.31. The molecule has 5 nitrogen and oxygen atoms in total. The van der Waals surface area contributed by atoms with Crippen molar-refractivity contribution in [1.29, 1.82) is 0 Å². The molecule has 0 aliphatic carbocycles. The van der Waals surface area contributed by atoms with Gasteiger partial charge < -0.3 is 4.74 Å². The van der Waals surface area contributed by atoms with Crippen molar-refractivity contribution in [2.45, 2.75) is 12.7 Å². The molecule has 0 unspecified atom stereocenters. The minimum atomic E-state index is -0.247. The van der Waals surface area contributed by atoms with Crippen LogP contribution in [-0.2, 0) is 22.3 Å². The van der Waals surface area contributed by atoms with Crippen LogP contribution in [0.4, 0.5) is 0 Å². The second-order valence-corrected chi connectivity index (χ2v) is 5.19. The second kappa shape index (κ2) is 6.56. The van der Waals surface area contributed by atoms with Crippen molar-refractivity contribution in [3.8, 4) is 0 Å². The summed E-state index contributed by atoms with van der Waals surface area (Å²) in [5.41, 5.74) is 0.615. The maximum Gasteiger partial charge on any atom is 0.315 e. The van der Waals surface area contributed by atoms with Crippen molar-refractivity contribution in [2.24, 2.45) is 7.05 Å². The lowest BCUT2D eigenvalue weighted by molar-refractivity contribution is -0.139. The predicted octanol–water partition coefficient (Wildman–Crippen LogP) is 1.73. The first-order chi connectivity index (χ1) is 9.63. The summed E-state index contributed by atoms with van der Waals surface area (Å²) in [6.07, 6.45) is 0. The summed E-state index contributed by atoms with van der Waals surface area (Å²) < 4.78 is 6.38. The van der Waals surface area contributed by atoms with Crippen LogP contribution in [0, 0.1) is 0 Å². The Balaban J connectivity index is 2.16. The van der Waals surface area contributed by atoms with Crippen LogP contribution in [0.25, 0.3) is 10.9 Å². The average molecular weight is 292 g/mol. The number of thioether (sulfide) groups is 1. The molecule has 1 aromatic carbocycles. The monoisotopic (exact) mass is 292 g/mol. The number of ether oxygens (including phenoxy) is 1. The highest BCUT2D eigenvalue weighted by Crippen LogP contribution is 2.12. The number of benzene rings is 1. The molecule has 2 rings (SSSR count). The average Bonchev–Trinajstić information content (AvgIpc) is 2.44. The van der Waals surface area contributed by atoms with Crippen molar-refractivity contribution >= 4 is 28.6 Å². The smallest absolute Gasteiger partial charge is 0.315 e. The summed E-state index contributed by atoms with van der Waals surface area (Å²) in [6, 6.07) is 7.25. The first-order valence-corrected chi connectivity index (χ1v) is 7.47. The molecule has 0 amide bonds. The van der Waals surface area contributed by atoms with Gasteiger partial charge in [0.15, 0.2) is 0 Å². The zero-order chi connectivity index (χ0) is 14.5. The zero-order valence-corrected chi connectivity index (χ0v) is 12.3. The molecule has 0 N–H and O–H groups in total. The molecule has 20 heavy (non-hydrogen) atoms. The molecule has 6 heteroatoms. The Morgan fingerprint density at radius 2 is 2.15 bits per heavy atom. The van der Waals surface area contributed by atoms with Gasteiger partial charge in [0, 0.05) is 7.05 Å². The number of esters is 1. The fraction of sp³-hybridized carbons (Fsp3) is 0.357. The Morgan fingerprint density at radius 3 is 2.90 bits per heavy atom. The van der Waals surface area contributed by atoms with E-state index in [1.165, 1.54) is 16.3 Å². The molecule has 2 aromatic rings. The zero-order valence-electron chi connectivity index (χ0n) is 11.5. The highest BCUT2D eigenvalue weighted by molar-refractivity contribution is 7.99. The van der Waals surface area contributed by atoms with E-state index in [4.69, 9.17) is 4.74 Å². The van der Waals surface area contributed by atoms with E-state index in [0.717, 1.165) is 0 Å². The SMILES string of the molecule is CCOC(=O)CSCc1nc2ccccc2c(=O)n1C. The number of fused-ring (bicyclic) bond motifs is 1. The van der Waals surface area contributed by atoms with Crippen LogP contribution < -0.4 is 5.56 Å². The number of hydrogen-bond donors (Lipinski definition) is 0. The summed E-state index contributed by atoms with van der Waals surface area (Å²) in [5, 5.41) is 0.606. The van der Waals surface area contributed by atoms with E-state index < -0.39 is 0 Å². The Bertz CT molecular complexity index is 682. The van der Waals surface area contributed by atoms with Crippen LogP contribution in [0.1, 0.15) is 12.7 Å². The topological polar surface area (TPSA) is 61.2 Å². The minimum absolute atomic E-state index is 0.0673. The number of aromatic nitrogens is 2. The molecule has 106 valence electrons. The van der Waals surface area contributed by atoms with Gasteiger partial charge in [-0.2, -0.15) is 0 Å². The molecule has 0 saturated carbocycles. The summed E-state index contributed by atoms with van der Waals surface area (Å²) in [4.78, 5) is 27.9. The van der Waals surface area contributed by atoms with E-state index >= 15 is 0 Å². The third-order valence-corrected chi connectivity index (χ3v) is 3.73. The van der Waals surface area contributed by atoms with E-state index in [-0.39, 0.29) is 17.3 Å². The van der Waals surface area contributed by atoms with E-state index in [1.807, 2.05) is 18.2 Å². The van der Waals surface area contributed by atoms with E-state index in [9.17, 15) is 9.59 Å². The molecule has 0 radical (unpaired) electrons. The van der Waals surface area contributed by atoms with Gasteiger partial charge in [0.2, 0.25) is 0 Å². The van der Waals surface area contributed by atoms with E-state index in [1.54, 1.807) is 20.0 Å². The lowest BCUT2D eigenvalue weighted by atomic mass is 10.2. The molecule has 0 spiro atoms. The van der Waals surface area contributed by atoms with Gasteiger partial charge in [0.1, 0.15) is 5.82 Å². The summed E-state index contributed by atoms with van der Waals surface area (Å²) in [5.74, 6) is 1.16. The third kappa shape index (κ3) is 3.19. The van der Waals surface area contributed by atoms with Gasteiger partial charge in [0.25, 0.3) is 5.56 Å². The highest BCUT2D eigenvalue weighted by atomic mass is 32.2. The molecule has 1 heterocycles. The third-order valence-electron chi connectivity index (χ3n) is 2.83. The van der Waals surface area contributed by atoms with Gasteiger partial charge in [-0.3, -0.25) is 14.2 Å². The van der Waals surface area contributed by atoms with Gasteiger partial charge in [-0.25, -0.2) is 4.98 Å². The maximum atomic E-state index is 12.2. The summed E-state index contributed by atoms with van der Waals surface area (Å²) in [6.45, 7) is 2.16. The molecule has 1 aromatic heterocycles. The number of hydrogen-bond acceptors (Lipinski definition) is 5. The Hall–Kier alpha value is -1.82. The number of para-hydroxylation sites is 1. The van der Waals surface area contributed by atoms with Crippen LogP contribution in [0.5, 0.6) is 0 Å². The van der Waals surface area contributed by atoms with Crippen molar-refractivity contribution < 1.29 is 9.53 Å². The molecule has 0 bridgehead atoms. The Morgan fingerprint density at radius 1 is 1.40 bits per heavy atom. The van der Waals surface area contributed by atoms with Crippen LogP contribution in [0.15, 0.2) is 29.1 Å². The van der Waals surface area contributed by atoms with Gasteiger partial charge >= 0.3 is 5.97 Å². The first kappa shape index (κ1) is 14.6. The van der Waals surface area contributed by atoms with Crippen molar-refractivity contribution in [1.82, 2.24) is 9.55 Å². The van der Waals surface area contributed by atoms with Gasteiger partial charge in [-0.15, -0.1) is 11.8 Å². The summed E-state index contributed by atoms with van der Waals surface area (Å²) in [7, 11) is 1.70. The standard InChI is InChI=1S/C14H16N2O3S/c1-3-19-13(17)9-20-8-12-15-11-7-5-4-6-10(11)14(18)16(12)2/h4-7H,3,8-9H2,1-2H3. The number of nitrogens with zero attached hydrogens (tertiary/aromatic N) is 2. The van der Waals surface area contributed by atoms with Crippen LogP contribution in [-0.4, -0.2) is 27.9 Å². The Labute approximate surface area is 121 Å². The number of carbonyl (C=O) groups excluding carboxylic acids is 1. The fourth-order valence-electron chi connectivity index (χ4n) is 1.82. The number of rotatable bonds is 5. The molecule has 0 atom stereocenters. The molecular weight excluding hydrogens is 276 g/mol. The lowest BCUT2D eigenvalue weighted by Crippen LogP contribution is -2.22. The maximum absolute atomic E-state index is 12.2. The molecule has 0 saturated heterocycles. The van der Waals surface area contributed by atoms with Gasteiger partial charge in [-0.1, -0.05) is 12.1 Å². The van der Waals surface area contributed by atoms with E-state index in [2.05, 4.69) is 4.98 Å². The van der Waals surface area contributed by atoms with Crippen LogP contribution >= 0.6 is 11.8 Å². The quantitative estimate of drug-likeness (QED) is 0.785. The largest absolute Gasteiger partial charge is 0.465 e. The predicted molar refractivity (Wildman–Crippen MR) is 79.8 cm³/mol. The van der Waals surface area contributed by atoms with E-state index in [0.29, 0.717) is 29.1 Å². The van der Waals surface area contributed by atoms with Gasteiger partial charge in [0.05, 0.1) is 29.0 Å². The second-order valence-electron chi connectivity index (χ2n) is 4.21. The highest BCUT2D eigenvalue weighted by Gasteiger charge is 2.09. The minimum Gasteiger partial charge on any atom is -0.465 e. The molecule has 0 aliphatic rings. The Kier molecular flexibility index (Phi) is 4.79. The number of carbonyl (C=O) groups is 1. The normalized spacial score (nSPS) is 10.7. The molecule has 0 fully saturated rings. The molecule has 0 aliphatic heterocycles. The van der Waals surface area contributed by atoms with Crippen molar-refractivity contribution in [3.05, 3.63) is 40.4 Å². The fourth-order valence-corrected chi connectivity index (χ4v) is 2.61. The van der Waals surface area contributed by atoms with Crippen molar-refractivity contribution in [2.75, 3.05) is 12.4 Å².